The molecule has 6 nitrogen and oxygen atoms in total. The minimum Gasteiger partial charge on any atom is -0.389 e. The first-order chi connectivity index (χ1) is 11.2. The summed E-state index contributed by atoms with van der Waals surface area (Å²) in [7, 11) is 0. The quantitative estimate of drug-likeness (QED) is 0.762. The molecule has 3 heterocycles. The maximum Gasteiger partial charge on any atom is 0.150 e. The van der Waals surface area contributed by atoms with Crippen molar-refractivity contribution in [1.82, 2.24) is 20.1 Å². The van der Waals surface area contributed by atoms with Crippen molar-refractivity contribution >= 4 is 11.3 Å². The molecule has 2 N–H and O–H groups in total. The fraction of sp³-hybridized carbons (Fsp3) is 0.625. The summed E-state index contributed by atoms with van der Waals surface area (Å²) in [5.41, 5.74) is 0. The van der Waals surface area contributed by atoms with E-state index in [0.717, 1.165) is 37.5 Å². The van der Waals surface area contributed by atoms with Gasteiger partial charge in [-0.25, -0.2) is 9.67 Å². The highest BCUT2D eigenvalue weighted by Gasteiger charge is 2.21. The number of ether oxygens (including phenoxy) is 1. The van der Waals surface area contributed by atoms with Gasteiger partial charge >= 0.3 is 0 Å². The van der Waals surface area contributed by atoms with E-state index in [9.17, 15) is 5.11 Å². The van der Waals surface area contributed by atoms with Gasteiger partial charge in [0, 0.05) is 30.3 Å². The fourth-order valence-corrected chi connectivity index (χ4v) is 3.37. The zero-order valence-corrected chi connectivity index (χ0v) is 14.3. The molecule has 0 radical (unpaired) electrons. The number of nitrogens with zero attached hydrogens (tertiary/aromatic N) is 3. The van der Waals surface area contributed by atoms with Crippen molar-refractivity contribution in [2.75, 3.05) is 13.2 Å². The minimum atomic E-state index is -0.488. The van der Waals surface area contributed by atoms with Crippen molar-refractivity contribution in [3.8, 4) is 0 Å². The lowest BCUT2D eigenvalue weighted by Gasteiger charge is -2.24. The van der Waals surface area contributed by atoms with Crippen LogP contribution in [-0.4, -0.2) is 45.2 Å². The van der Waals surface area contributed by atoms with Gasteiger partial charge in [-0.3, -0.25) is 0 Å². The van der Waals surface area contributed by atoms with Gasteiger partial charge in [-0.2, -0.15) is 5.10 Å². The van der Waals surface area contributed by atoms with Crippen LogP contribution in [0.3, 0.4) is 0 Å². The average Bonchev–Trinajstić information content (AvgIpc) is 3.21. The number of thiophene rings is 1. The molecule has 2 atom stereocenters. The number of aliphatic hydroxyl groups is 1. The van der Waals surface area contributed by atoms with Crippen molar-refractivity contribution in [3.05, 3.63) is 34.0 Å². The lowest BCUT2D eigenvalue weighted by Crippen LogP contribution is -2.42. The topological polar surface area (TPSA) is 72.2 Å². The molecule has 1 aliphatic heterocycles. The monoisotopic (exact) mass is 336 g/mol. The number of rotatable bonds is 8. The van der Waals surface area contributed by atoms with E-state index >= 15 is 0 Å². The molecule has 7 heteroatoms. The Hall–Kier alpha value is -1.28. The van der Waals surface area contributed by atoms with E-state index in [1.54, 1.807) is 11.3 Å². The Labute approximate surface area is 140 Å². The van der Waals surface area contributed by atoms with Crippen LogP contribution in [0.15, 0.2) is 17.5 Å². The fourth-order valence-electron chi connectivity index (χ4n) is 2.73. The number of hydrogen-bond donors (Lipinski definition) is 2. The summed E-state index contributed by atoms with van der Waals surface area (Å²) in [6.07, 6.45) is 2.36. The minimum absolute atomic E-state index is 0.334. The van der Waals surface area contributed by atoms with Gasteiger partial charge < -0.3 is 15.2 Å². The van der Waals surface area contributed by atoms with E-state index in [4.69, 9.17) is 4.74 Å². The Balaban J connectivity index is 1.37. The van der Waals surface area contributed by atoms with Gasteiger partial charge in [0.2, 0.25) is 0 Å². The second-order valence-corrected chi connectivity index (χ2v) is 6.90. The Morgan fingerprint density at radius 3 is 3.26 bits per heavy atom. The third-order valence-corrected chi connectivity index (χ3v) is 4.84. The number of aliphatic hydroxyl groups excluding tert-OH is 1. The van der Waals surface area contributed by atoms with Crippen molar-refractivity contribution < 1.29 is 9.84 Å². The Bertz CT molecular complexity index is 599. The van der Waals surface area contributed by atoms with Crippen LogP contribution in [0.5, 0.6) is 0 Å². The van der Waals surface area contributed by atoms with Crippen LogP contribution in [0.4, 0.5) is 0 Å². The second-order valence-electron chi connectivity index (χ2n) is 5.87. The molecule has 0 aromatic carbocycles. The molecule has 0 fully saturated rings. The molecule has 1 aliphatic rings. The Kier molecular flexibility index (Phi) is 5.77. The predicted molar refractivity (Wildman–Crippen MR) is 89.5 cm³/mol. The Morgan fingerprint density at radius 1 is 1.57 bits per heavy atom. The zero-order chi connectivity index (χ0) is 16.1. The van der Waals surface area contributed by atoms with Crippen LogP contribution in [0.25, 0.3) is 0 Å². The summed E-state index contributed by atoms with van der Waals surface area (Å²) in [4.78, 5) is 5.70. The maximum absolute atomic E-state index is 10.0. The van der Waals surface area contributed by atoms with E-state index in [1.165, 1.54) is 4.88 Å². The van der Waals surface area contributed by atoms with E-state index in [0.29, 0.717) is 25.8 Å². The van der Waals surface area contributed by atoms with E-state index in [-0.39, 0.29) is 0 Å². The number of aromatic nitrogens is 3. The van der Waals surface area contributed by atoms with Gasteiger partial charge in [0.15, 0.2) is 5.82 Å². The first kappa shape index (κ1) is 16.6. The summed E-state index contributed by atoms with van der Waals surface area (Å²) >= 11 is 1.67. The molecule has 3 rings (SSSR count). The van der Waals surface area contributed by atoms with Crippen molar-refractivity contribution in [2.45, 2.75) is 51.5 Å². The third-order valence-electron chi connectivity index (χ3n) is 3.99. The second kappa shape index (κ2) is 8.01. The highest BCUT2D eigenvalue weighted by Crippen LogP contribution is 2.13. The molecule has 0 saturated heterocycles. The standard InChI is InChI=1S/C16H24N4O2S/c1-2-15-18-16-6-5-12(9-20(16)19-15)17-8-13(21)10-22-11-14-4-3-7-23-14/h3-4,7,12-13,17,21H,2,5-6,8-11H2,1H3/t12-,13-/m1/s1. The normalized spacial score (nSPS) is 18.8. The molecule has 126 valence electrons. The molecule has 0 aliphatic carbocycles. The van der Waals surface area contributed by atoms with Crippen LogP contribution < -0.4 is 5.32 Å². The SMILES string of the molecule is CCc1nc2n(n1)C[C@H](NC[C@@H](O)COCc1cccs1)CC2. The number of fused-ring (bicyclic) bond motifs is 1. The molecule has 2 aromatic heterocycles. The molecule has 0 saturated carbocycles. The number of hydrogen-bond acceptors (Lipinski definition) is 6. The summed E-state index contributed by atoms with van der Waals surface area (Å²) in [6, 6.07) is 4.38. The van der Waals surface area contributed by atoms with Crippen LogP contribution in [0.2, 0.25) is 0 Å². The lowest BCUT2D eigenvalue weighted by molar-refractivity contribution is 0.0279. The highest BCUT2D eigenvalue weighted by atomic mass is 32.1. The number of aryl methyl sites for hydroxylation is 2. The largest absolute Gasteiger partial charge is 0.389 e. The van der Waals surface area contributed by atoms with Crippen molar-refractivity contribution in [2.24, 2.45) is 0 Å². The molecule has 0 bridgehead atoms. The number of nitrogens with one attached hydrogen (secondary N) is 1. The van der Waals surface area contributed by atoms with Crippen molar-refractivity contribution in [1.29, 1.82) is 0 Å². The van der Waals surface area contributed by atoms with Crippen LogP contribution >= 0.6 is 11.3 Å². The van der Waals surface area contributed by atoms with Crippen LogP contribution in [0, 0.1) is 0 Å². The predicted octanol–water partition coefficient (Wildman–Crippen LogP) is 1.38. The van der Waals surface area contributed by atoms with Crippen LogP contribution in [0.1, 0.15) is 29.9 Å². The summed E-state index contributed by atoms with van der Waals surface area (Å²) < 4.78 is 7.55. The molecule has 2 aromatic rings. The third kappa shape index (κ3) is 4.60. The van der Waals surface area contributed by atoms with Gasteiger partial charge in [-0.15, -0.1) is 11.3 Å². The molecule has 23 heavy (non-hydrogen) atoms. The van der Waals surface area contributed by atoms with Gasteiger partial charge in [0.1, 0.15) is 5.82 Å². The summed E-state index contributed by atoms with van der Waals surface area (Å²) in [5.74, 6) is 2.00. The van der Waals surface area contributed by atoms with Crippen LogP contribution in [-0.2, 0) is 30.7 Å². The average molecular weight is 336 g/mol. The molecule has 0 amide bonds. The van der Waals surface area contributed by atoms with E-state index in [1.807, 2.05) is 22.2 Å². The lowest BCUT2D eigenvalue weighted by atomic mass is 10.1. The van der Waals surface area contributed by atoms with Gasteiger partial charge in [-0.05, 0) is 17.9 Å². The molecular weight excluding hydrogens is 312 g/mol. The van der Waals surface area contributed by atoms with Crippen molar-refractivity contribution in [3.63, 3.8) is 0 Å². The van der Waals surface area contributed by atoms with Gasteiger partial charge in [0.25, 0.3) is 0 Å². The zero-order valence-electron chi connectivity index (χ0n) is 13.4. The summed E-state index contributed by atoms with van der Waals surface area (Å²) in [6.45, 7) is 4.36. The smallest absolute Gasteiger partial charge is 0.150 e. The van der Waals surface area contributed by atoms with E-state index in [2.05, 4.69) is 22.3 Å². The van der Waals surface area contributed by atoms with Gasteiger partial charge in [-0.1, -0.05) is 13.0 Å². The molecule has 0 unspecified atom stereocenters. The van der Waals surface area contributed by atoms with E-state index < -0.39 is 6.10 Å². The molecular formula is C16H24N4O2S. The maximum atomic E-state index is 10.0. The highest BCUT2D eigenvalue weighted by molar-refractivity contribution is 7.09. The molecule has 0 spiro atoms. The first-order valence-electron chi connectivity index (χ1n) is 8.18. The summed E-state index contributed by atoms with van der Waals surface area (Å²) in [5, 5.41) is 20.0. The first-order valence-corrected chi connectivity index (χ1v) is 9.06. The van der Waals surface area contributed by atoms with Gasteiger partial charge in [0.05, 0.1) is 25.9 Å². The Morgan fingerprint density at radius 2 is 2.48 bits per heavy atom.